The molecule has 1 aromatic carbocycles. The van der Waals surface area contributed by atoms with Crippen LogP contribution in [0.2, 0.25) is 0 Å². The Hall–Kier alpha value is -2.99. The molecule has 0 atom stereocenters. The van der Waals surface area contributed by atoms with Gasteiger partial charge in [0.15, 0.2) is 0 Å². The molecular formula is C18H14N4OS. The SMILES string of the molecule is c1ccc(-c2nnc(-c3cccnc3NCc3cccs3)o2)cc1. The number of hydrogen-bond donors (Lipinski definition) is 1. The van der Waals surface area contributed by atoms with Gasteiger partial charge in [0.05, 0.1) is 12.1 Å². The molecule has 0 aliphatic heterocycles. The van der Waals surface area contributed by atoms with E-state index in [1.54, 1.807) is 17.5 Å². The van der Waals surface area contributed by atoms with Gasteiger partial charge in [-0.25, -0.2) is 4.98 Å². The van der Waals surface area contributed by atoms with Gasteiger partial charge in [0.2, 0.25) is 5.89 Å². The first kappa shape index (κ1) is 14.6. The maximum Gasteiger partial charge on any atom is 0.251 e. The van der Waals surface area contributed by atoms with Gasteiger partial charge in [-0.1, -0.05) is 24.3 Å². The average molecular weight is 334 g/mol. The van der Waals surface area contributed by atoms with Crippen LogP contribution in [0.4, 0.5) is 5.82 Å². The van der Waals surface area contributed by atoms with E-state index in [-0.39, 0.29) is 0 Å². The van der Waals surface area contributed by atoms with Crippen LogP contribution in [0, 0.1) is 0 Å². The fourth-order valence-electron chi connectivity index (χ4n) is 2.33. The molecule has 0 saturated carbocycles. The number of nitrogens with zero attached hydrogens (tertiary/aromatic N) is 3. The molecule has 0 saturated heterocycles. The topological polar surface area (TPSA) is 63.8 Å². The molecule has 0 unspecified atom stereocenters. The normalized spacial score (nSPS) is 10.7. The van der Waals surface area contributed by atoms with E-state index in [0.717, 1.165) is 16.9 Å². The molecule has 0 aliphatic carbocycles. The molecule has 4 aromatic rings. The van der Waals surface area contributed by atoms with Gasteiger partial charge in [0.25, 0.3) is 5.89 Å². The third-order valence-electron chi connectivity index (χ3n) is 3.49. The van der Waals surface area contributed by atoms with E-state index < -0.39 is 0 Å². The number of pyridine rings is 1. The van der Waals surface area contributed by atoms with Crippen molar-refractivity contribution in [1.82, 2.24) is 15.2 Å². The molecule has 24 heavy (non-hydrogen) atoms. The van der Waals surface area contributed by atoms with Crippen LogP contribution in [0.5, 0.6) is 0 Å². The first-order chi connectivity index (χ1) is 11.9. The number of anilines is 1. The summed E-state index contributed by atoms with van der Waals surface area (Å²) in [6.07, 6.45) is 1.74. The number of thiophene rings is 1. The highest BCUT2D eigenvalue weighted by Gasteiger charge is 2.14. The van der Waals surface area contributed by atoms with Crippen molar-refractivity contribution in [3.8, 4) is 22.9 Å². The van der Waals surface area contributed by atoms with Crippen molar-refractivity contribution in [3.63, 3.8) is 0 Å². The number of hydrogen-bond acceptors (Lipinski definition) is 6. The molecule has 3 heterocycles. The molecule has 3 aromatic heterocycles. The van der Waals surface area contributed by atoms with Crippen LogP contribution in [0.15, 0.2) is 70.6 Å². The molecule has 1 N–H and O–H groups in total. The Morgan fingerprint density at radius 1 is 0.917 bits per heavy atom. The van der Waals surface area contributed by atoms with Crippen molar-refractivity contribution in [2.75, 3.05) is 5.32 Å². The minimum atomic E-state index is 0.454. The molecule has 0 spiro atoms. The van der Waals surface area contributed by atoms with Gasteiger partial charge >= 0.3 is 0 Å². The molecule has 0 aliphatic rings. The van der Waals surface area contributed by atoms with Crippen LogP contribution in [0.25, 0.3) is 22.9 Å². The van der Waals surface area contributed by atoms with E-state index in [0.29, 0.717) is 18.3 Å². The zero-order valence-corrected chi connectivity index (χ0v) is 13.5. The summed E-state index contributed by atoms with van der Waals surface area (Å²) < 4.78 is 5.83. The Morgan fingerprint density at radius 2 is 1.79 bits per heavy atom. The van der Waals surface area contributed by atoms with E-state index >= 15 is 0 Å². The monoisotopic (exact) mass is 334 g/mol. The van der Waals surface area contributed by atoms with Crippen molar-refractivity contribution in [2.45, 2.75) is 6.54 Å². The van der Waals surface area contributed by atoms with Gasteiger partial charge < -0.3 is 9.73 Å². The lowest BCUT2D eigenvalue weighted by molar-refractivity contribution is 0.584. The molecular weight excluding hydrogens is 320 g/mol. The Bertz CT molecular complexity index is 919. The third kappa shape index (κ3) is 3.04. The quantitative estimate of drug-likeness (QED) is 0.583. The van der Waals surface area contributed by atoms with E-state index in [1.165, 1.54) is 4.88 Å². The maximum atomic E-state index is 5.83. The fourth-order valence-corrected chi connectivity index (χ4v) is 2.98. The Balaban J connectivity index is 1.61. The van der Waals surface area contributed by atoms with E-state index in [9.17, 15) is 0 Å². The maximum absolute atomic E-state index is 5.83. The van der Waals surface area contributed by atoms with Gasteiger partial charge in [0.1, 0.15) is 5.82 Å². The molecule has 0 fully saturated rings. The van der Waals surface area contributed by atoms with Crippen LogP contribution in [0.3, 0.4) is 0 Å². The van der Waals surface area contributed by atoms with E-state index in [1.807, 2.05) is 48.5 Å². The van der Waals surface area contributed by atoms with Crippen molar-refractivity contribution in [2.24, 2.45) is 0 Å². The van der Waals surface area contributed by atoms with Gasteiger partial charge in [-0.2, -0.15) is 0 Å². The smallest absolute Gasteiger partial charge is 0.251 e. The van der Waals surface area contributed by atoms with Crippen LogP contribution in [-0.2, 0) is 6.54 Å². The van der Waals surface area contributed by atoms with Crippen molar-refractivity contribution in [3.05, 3.63) is 71.1 Å². The first-order valence-corrected chi connectivity index (χ1v) is 8.39. The number of rotatable bonds is 5. The molecule has 0 radical (unpaired) electrons. The van der Waals surface area contributed by atoms with Gasteiger partial charge in [-0.05, 0) is 35.7 Å². The highest BCUT2D eigenvalue weighted by molar-refractivity contribution is 7.09. The van der Waals surface area contributed by atoms with Crippen LogP contribution in [0.1, 0.15) is 4.88 Å². The number of benzene rings is 1. The predicted octanol–water partition coefficient (Wildman–Crippen LogP) is 4.47. The lowest BCUT2D eigenvalue weighted by atomic mass is 10.2. The summed E-state index contributed by atoms with van der Waals surface area (Å²) in [5.74, 6) is 1.68. The van der Waals surface area contributed by atoms with Gasteiger partial charge in [-0.15, -0.1) is 21.5 Å². The molecule has 0 bridgehead atoms. The lowest BCUT2D eigenvalue weighted by Crippen LogP contribution is -2.01. The molecule has 4 rings (SSSR count). The minimum Gasteiger partial charge on any atom is -0.416 e. The second-order valence-corrected chi connectivity index (χ2v) is 6.14. The summed E-state index contributed by atoms with van der Waals surface area (Å²) in [5.41, 5.74) is 1.69. The summed E-state index contributed by atoms with van der Waals surface area (Å²) in [6, 6.07) is 17.6. The van der Waals surface area contributed by atoms with E-state index in [2.05, 4.69) is 31.9 Å². The number of aromatic nitrogens is 3. The Morgan fingerprint density at radius 3 is 2.62 bits per heavy atom. The molecule has 6 heteroatoms. The largest absolute Gasteiger partial charge is 0.416 e. The van der Waals surface area contributed by atoms with E-state index in [4.69, 9.17) is 4.42 Å². The van der Waals surface area contributed by atoms with Crippen LogP contribution >= 0.6 is 11.3 Å². The Labute approximate surface area is 143 Å². The average Bonchev–Trinajstić information content (AvgIpc) is 3.33. The fraction of sp³-hybridized carbons (Fsp3) is 0.0556. The summed E-state index contributed by atoms with van der Waals surface area (Å²) >= 11 is 1.70. The summed E-state index contributed by atoms with van der Waals surface area (Å²) in [7, 11) is 0. The van der Waals surface area contributed by atoms with Crippen molar-refractivity contribution < 1.29 is 4.42 Å². The first-order valence-electron chi connectivity index (χ1n) is 7.51. The molecule has 0 amide bonds. The predicted molar refractivity (Wildman–Crippen MR) is 94.6 cm³/mol. The van der Waals surface area contributed by atoms with Crippen LogP contribution < -0.4 is 5.32 Å². The lowest BCUT2D eigenvalue weighted by Gasteiger charge is -2.07. The van der Waals surface area contributed by atoms with Gasteiger partial charge in [0, 0.05) is 16.6 Å². The zero-order valence-electron chi connectivity index (χ0n) is 12.7. The molecule has 118 valence electrons. The second kappa shape index (κ2) is 6.64. The highest BCUT2D eigenvalue weighted by Crippen LogP contribution is 2.28. The van der Waals surface area contributed by atoms with Crippen molar-refractivity contribution >= 4 is 17.2 Å². The molecule has 5 nitrogen and oxygen atoms in total. The summed E-state index contributed by atoms with van der Waals surface area (Å²) in [6.45, 7) is 0.710. The third-order valence-corrected chi connectivity index (χ3v) is 4.37. The zero-order chi connectivity index (χ0) is 16.2. The second-order valence-electron chi connectivity index (χ2n) is 5.11. The highest BCUT2D eigenvalue weighted by atomic mass is 32.1. The standard InChI is InChI=1S/C18H14N4OS/c1-2-6-13(7-3-1)17-21-22-18(23-17)15-9-4-10-19-16(15)20-12-14-8-5-11-24-14/h1-11H,12H2,(H,19,20). The summed E-state index contributed by atoms with van der Waals surface area (Å²) in [4.78, 5) is 5.64. The minimum absolute atomic E-state index is 0.454. The summed E-state index contributed by atoms with van der Waals surface area (Å²) in [5, 5.41) is 13.7. The number of nitrogens with one attached hydrogen (secondary N) is 1. The van der Waals surface area contributed by atoms with Crippen LogP contribution in [-0.4, -0.2) is 15.2 Å². The van der Waals surface area contributed by atoms with Crippen molar-refractivity contribution in [1.29, 1.82) is 0 Å². The van der Waals surface area contributed by atoms with Gasteiger partial charge in [-0.3, -0.25) is 0 Å². The Kier molecular flexibility index (Phi) is 4.04.